The van der Waals surface area contributed by atoms with Crippen molar-refractivity contribution in [3.05, 3.63) is 85.3 Å². The molecule has 2 unspecified atom stereocenters. The van der Waals surface area contributed by atoms with E-state index in [9.17, 15) is 19.8 Å². The third-order valence-corrected chi connectivity index (χ3v) is 9.37. The van der Waals surface area contributed by atoms with Crippen molar-refractivity contribution in [2.24, 2.45) is 0 Å². The molecule has 0 aliphatic carbocycles. The highest BCUT2D eigenvalue weighted by Crippen LogP contribution is 2.36. The molecule has 0 amide bonds. The van der Waals surface area contributed by atoms with Gasteiger partial charge in [0.2, 0.25) is 0 Å². The zero-order valence-corrected chi connectivity index (χ0v) is 25.3. The van der Waals surface area contributed by atoms with Crippen molar-refractivity contribution in [2.75, 3.05) is 0 Å². The Kier molecular flexibility index (Phi) is 8.08. The molecule has 5 heterocycles. The molecule has 0 fully saturated rings. The van der Waals surface area contributed by atoms with Crippen molar-refractivity contribution in [1.29, 1.82) is 0 Å². The fraction of sp³-hybridized carbons (Fsp3) is 0.412. The van der Waals surface area contributed by atoms with Gasteiger partial charge >= 0.3 is 11.9 Å². The smallest absolute Gasteiger partial charge is 0.303 e. The molecule has 2 aromatic rings. The second kappa shape index (κ2) is 11.6. The first kappa shape index (κ1) is 29.3. The van der Waals surface area contributed by atoms with E-state index in [1.807, 2.05) is 6.08 Å². The predicted molar refractivity (Wildman–Crippen MR) is 167 cm³/mol. The summed E-state index contributed by atoms with van der Waals surface area (Å²) >= 11 is 0. The summed E-state index contributed by atoms with van der Waals surface area (Å²) in [5, 5.41) is 26.5. The van der Waals surface area contributed by atoms with Gasteiger partial charge in [-0.05, 0) is 104 Å². The minimum absolute atomic E-state index is 0.0227. The number of rotatable bonds is 8. The van der Waals surface area contributed by atoms with Crippen molar-refractivity contribution in [2.45, 2.75) is 91.6 Å². The summed E-state index contributed by atoms with van der Waals surface area (Å²) in [7, 11) is 0. The molecule has 0 saturated heterocycles. The average molecular weight is 571 g/mol. The van der Waals surface area contributed by atoms with Crippen LogP contribution < -0.4 is 10.6 Å². The maximum atomic E-state index is 11.6. The number of fused-ring (bicyclic) bond motifs is 8. The number of allylic oxidation sites excluding steroid dienone is 2. The van der Waals surface area contributed by atoms with E-state index in [0.717, 1.165) is 80.4 Å². The molecular weight excluding hydrogens is 528 g/mol. The minimum atomic E-state index is -0.833. The van der Waals surface area contributed by atoms with E-state index in [1.54, 1.807) is 0 Å². The van der Waals surface area contributed by atoms with Crippen LogP contribution in [-0.2, 0) is 28.9 Å². The van der Waals surface area contributed by atoms with Crippen LogP contribution >= 0.6 is 0 Å². The van der Waals surface area contributed by atoms with Crippen molar-refractivity contribution in [1.82, 2.24) is 20.6 Å². The molecular formula is C34H42N4O4. The van der Waals surface area contributed by atoms with Crippen LogP contribution in [0.1, 0.15) is 91.5 Å². The lowest BCUT2D eigenvalue weighted by molar-refractivity contribution is -0.138. The van der Waals surface area contributed by atoms with Gasteiger partial charge in [0.25, 0.3) is 0 Å². The number of carboxylic acid groups (broad SMARTS) is 2. The fourth-order valence-corrected chi connectivity index (χ4v) is 6.88. The van der Waals surface area contributed by atoms with E-state index in [4.69, 9.17) is 0 Å². The van der Waals surface area contributed by atoms with Gasteiger partial charge < -0.3 is 30.8 Å². The second-order valence-electron chi connectivity index (χ2n) is 11.8. The predicted octanol–water partition coefficient (Wildman–Crippen LogP) is 5.95. The van der Waals surface area contributed by atoms with Gasteiger partial charge in [0, 0.05) is 59.9 Å². The molecule has 0 saturated carbocycles. The highest BCUT2D eigenvalue weighted by molar-refractivity contribution is 5.71. The second-order valence-corrected chi connectivity index (χ2v) is 11.8. The first-order chi connectivity index (χ1) is 20.0. The van der Waals surface area contributed by atoms with Crippen LogP contribution in [0.3, 0.4) is 0 Å². The molecule has 42 heavy (non-hydrogen) atoms. The van der Waals surface area contributed by atoms with E-state index in [2.05, 4.69) is 74.0 Å². The van der Waals surface area contributed by atoms with Crippen molar-refractivity contribution in [3.63, 3.8) is 0 Å². The average Bonchev–Trinajstić information content (AvgIpc) is 3.59. The molecule has 8 nitrogen and oxygen atoms in total. The number of carboxylic acids is 2. The SMILES string of the molecule is C=Cc1c2[nH]c(c1C)/C=C1\NC(Cc3[nH]c(c(CCC(=O)O)c3C)/C=C3\NC(C2)C(C)=C3CCC(=O)O)C(C)=C1CC. The van der Waals surface area contributed by atoms with Crippen LogP contribution in [-0.4, -0.2) is 44.2 Å². The zero-order chi connectivity index (χ0) is 30.3. The first-order valence-corrected chi connectivity index (χ1v) is 14.9. The summed E-state index contributed by atoms with van der Waals surface area (Å²) in [5.41, 5.74) is 15.2. The topological polar surface area (TPSA) is 130 Å². The van der Waals surface area contributed by atoms with Crippen LogP contribution in [0.25, 0.3) is 18.2 Å². The molecule has 2 aromatic heterocycles. The summed E-state index contributed by atoms with van der Waals surface area (Å²) < 4.78 is 0. The molecule has 2 atom stereocenters. The monoisotopic (exact) mass is 570 g/mol. The molecule has 8 heteroatoms. The molecule has 0 aromatic carbocycles. The first-order valence-electron chi connectivity index (χ1n) is 14.9. The lowest BCUT2D eigenvalue weighted by Crippen LogP contribution is -2.26. The Labute approximate surface area is 247 Å². The summed E-state index contributed by atoms with van der Waals surface area (Å²) in [6, 6.07) is 0.0886. The quantitative estimate of drug-likeness (QED) is 0.233. The van der Waals surface area contributed by atoms with Gasteiger partial charge in [-0.1, -0.05) is 19.6 Å². The maximum Gasteiger partial charge on any atom is 0.303 e. The third-order valence-electron chi connectivity index (χ3n) is 9.37. The van der Waals surface area contributed by atoms with Gasteiger partial charge in [0.05, 0.1) is 12.1 Å². The number of aliphatic carboxylic acids is 2. The van der Waals surface area contributed by atoms with Gasteiger partial charge in [-0.3, -0.25) is 9.59 Å². The maximum absolute atomic E-state index is 11.6. The number of H-pyrrole nitrogens is 2. The number of aromatic amines is 2. The molecule has 3 aliphatic heterocycles. The zero-order valence-electron chi connectivity index (χ0n) is 25.3. The van der Waals surface area contributed by atoms with E-state index < -0.39 is 11.9 Å². The summed E-state index contributed by atoms with van der Waals surface area (Å²) in [5.74, 6) is -1.66. The fourth-order valence-electron chi connectivity index (χ4n) is 6.88. The normalized spacial score (nSPS) is 22.3. The van der Waals surface area contributed by atoms with Gasteiger partial charge in [0.1, 0.15) is 0 Å². The van der Waals surface area contributed by atoms with Crippen LogP contribution in [0.4, 0.5) is 0 Å². The van der Waals surface area contributed by atoms with Crippen LogP contribution in [0.5, 0.6) is 0 Å². The number of hydrogen-bond donors (Lipinski definition) is 6. The lowest BCUT2D eigenvalue weighted by Gasteiger charge is -2.15. The van der Waals surface area contributed by atoms with Gasteiger partial charge in [-0.25, -0.2) is 0 Å². The van der Waals surface area contributed by atoms with E-state index in [0.29, 0.717) is 19.3 Å². The largest absolute Gasteiger partial charge is 0.481 e. The number of carbonyl (C=O) groups is 2. The molecule has 5 rings (SSSR count). The molecule has 6 N–H and O–H groups in total. The van der Waals surface area contributed by atoms with E-state index >= 15 is 0 Å². The summed E-state index contributed by atoms with van der Waals surface area (Å²) in [6.45, 7) is 14.8. The summed E-state index contributed by atoms with van der Waals surface area (Å²) in [6.07, 6.45) is 9.46. The van der Waals surface area contributed by atoms with Crippen molar-refractivity contribution < 1.29 is 19.8 Å². The van der Waals surface area contributed by atoms with Crippen LogP contribution in [0.15, 0.2) is 40.3 Å². The number of nitrogens with one attached hydrogen (secondary N) is 4. The van der Waals surface area contributed by atoms with Crippen LogP contribution in [0.2, 0.25) is 0 Å². The Morgan fingerprint density at radius 2 is 1.38 bits per heavy atom. The molecule has 0 radical (unpaired) electrons. The third kappa shape index (κ3) is 5.38. The number of aromatic nitrogens is 2. The summed E-state index contributed by atoms with van der Waals surface area (Å²) in [4.78, 5) is 30.5. The minimum Gasteiger partial charge on any atom is -0.481 e. The molecule has 0 spiro atoms. The van der Waals surface area contributed by atoms with Gasteiger partial charge in [-0.2, -0.15) is 0 Å². The van der Waals surface area contributed by atoms with Crippen molar-refractivity contribution >= 4 is 30.2 Å². The van der Waals surface area contributed by atoms with E-state index in [1.165, 1.54) is 11.1 Å². The lowest BCUT2D eigenvalue weighted by atomic mass is 9.96. The highest BCUT2D eigenvalue weighted by atomic mass is 16.4. The molecule has 222 valence electrons. The Balaban J connectivity index is 1.70. The Hall–Kier alpha value is -4.20. The Morgan fingerprint density at radius 1 is 0.833 bits per heavy atom. The molecule has 8 bridgehead atoms. The van der Waals surface area contributed by atoms with Crippen LogP contribution in [0, 0.1) is 13.8 Å². The van der Waals surface area contributed by atoms with Crippen molar-refractivity contribution in [3.8, 4) is 0 Å². The molecule has 3 aliphatic rings. The Bertz CT molecular complexity index is 1590. The Morgan fingerprint density at radius 3 is 2.00 bits per heavy atom. The number of hydrogen-bond acceptors (Lipinski definition) is 4. The standard InChI is InChI=1S/C34H42N4O4/c1-7-21-17(3)25-13-26-19(5)23(9-11-33(39)40)31(37-26)16-32-24(10-12-34(41)42)20(6)28(38-32)15-30-22(8-2)18(4)27(36-30)14-29(21)35-25/h8,14,16,25,28,35-38H,2,7,9-13,15H2,1,3-6H3,(H,39,40)(H,41,42)/b29-14-,32-16-. The van der Waals surface area contributed by atoms with Gasteiger partial charge in [0.15, 0.2) is 0 Å². The van der Waals surface area contributed by atoms with Gasteiger partial charge in [-0.15, -0.1) is 0 Å². The van der Waals surface area contributed by atoms with E-state index in [-0.39, 0.29) is 24.9 Å². The highest BCUT2D eigenvalue weighted by Gasteiger charge is 2.31.